The molecule has 5 nitrogen and oxygen atoms in total. The van der Waals surface area contributed by atoms with Crippen molar-refractivity contribution < 1.29 is 9.59 Å². The van der Waals surface area contributed by atoms with E-state index in [0.29, 0.717) is 16.3 Å². The predicted molar refractivity (Wildman–Crippen MR) is 119 cm³/mol. The van der Waals surface area contributed by atoms with Crippen molar-refractivity contribution in [2.75, 3.05) is 23.7 Å². The third-order valence-electron chi connectivity index (χ3n) is 5.60. The summed E-state index contributed by atoms with van der Waals surface area (Å²) >= 11 is 6.39. The van der Waals surface area contributed by atoms with Crippen LogP contribution in [-0.4, -0.2) is 35.8 Å². The van der Waals surface area contributed by atoms with E-state index in [9.17, 15) is 9.59 Å². The van der Waals surface area contributed by atoms with Crippen LogP contribution in [0.5, 0.6) is 0 Å². The molecule has 1 atom stereocenters. The molecule has 0 spiro atoms. The lowest BCUT2D eigenvalue weighted by Crippen LogP contribution is -2.42. The van der Waals surface area contributed by atoms with E-state index in [4.69, 9.17) is 11.6 Å². The summed E-state index contributed by atoms with van der Waals surface area (Å²) < 4.78 is 0. The summed E-state index contributed by atoms with van der Waals surface area (Å²) in [5.74, 6) is -0.168. The number of carbonyl (C=O) groups excluding carboxylic acids is 2. The van der Waals surface area contributed by atoms with Crippen molar-refractivity contribution in [3.05, 3.63) is 58.1 Å². The number of nitrogens with one attached hydrogen (secondary N) is 2. The average Bonchev–Trinajstić information content (AvgIpc) is 2.70. The highest BCUT2D eigenvalue weighted by atomic mass is 35.5. The fraction of sp³-hybridized carbons (Fsp3) is 0.391. The molecule has 1 aliphatic heterocycles. The van der Waals surface area contributed by atoms with Crippen molar-refractivity contribution >= 4 is 34.8 Å². The lowest BCUT2D eigenvalue weighted by Gasteiger charge is -2.33. The largest absolute Gasteiger partial charge is 0.376 e. The molecular weight excluding hydrogens is 386 g/mol. The molecule has 1 heterocycles. The van der Waals surface area contributed by atoms with Crippen LogP contribution in [0.3, 0.4) is 0 Å². The van der Waals surface area contributed by atoms with Crippen molar-refractivity contribution in [1.82, 2.24) is 4.90 Å². The van der Waals surface area contributed by atoms with E-state index in [-0.39, 0.29) is 24.4 Å². The van der Waals surface area contributed by atoms with Gasteiger partial charge in [-0.1, -0.05) is 23.7 Å². The number of anilines is 2. The second kappa shape index (κ2) is 9.31. The van der Waals surface area contributed by atoms with Crippen LogP contribution in [0, 0.1) is 13.8 Å². The van der Waals surface area contributed by atoms with Crippen LogP contribution in [0.25, 0.3) is 0 Å². The fourth-order valence-electron chi connectivity index (χ4n) is 3.62. The summed E-state index contributed by atoms with van der Waals surface area (Å²) in [5, 5.41) is 6.39. The Morgan fingerprint density at radius 2 is 1.97 bits per heavy atom. The van der Waals surface area contributed by atoms with E-state index in [2.05, 4.69) is 17.6 Å². The predicted octanol–water partition coefficient (Wildman–Crippen LogP) is 5.02. The van der Waals surface area contributed by atoms with Gasteiger partial charge in [-0.25, -0.2) is 0 Å². The van der Waals surface area contributed by atoms with Gasteiger partial charge in [-0.2, -0.15) is 0 Å². The summed E-state index contributed by atoms with van der Waals surface area (Å²) in [6.07, 6.45) is 3.22. The zero-order chi connectivity index (χ0) is 21.0. The van der Waals surface area contributed by atoms with Crippen LogP contribution in [0.1, 0.15) is 47.7 Å². The highest BCUT2D eigenvalue weighted by molar-refractivity contribution is 6.34. The second-order valence-corrected chi connectivity index (χ2v) is 8.09. The highest BCUT2D eigenvalue weighted by Crippen LogP contribution is 2.26. The number of aryl methyl sites for hydroxylation is 1. The van der Waals surface area contributed by atoms with Crippen molar-refractivity contribution in [1.29, 1.82) is 0 Å². The highest BCUT2D eigenvalue weighted by Gasteiger charge is 2.25. The Labute approximate surface area is 177 Å². The molecule has 0 radical (unpaired) electrons. The van der Waals surface area contributed by atoms with Crippen LogP contribution in [-0.2, 0) is 4.79 Å². The van der Waals surface area contributed by atoms with E-state index in [0.717, 1.165) is 42.6 Å². The van der Waals surface area contributed by atoms with Crippen molar-refractivity contribution in [3.63, 3.8) is 0 Å². The van der Waals surface area contributed by atoms with Gasteiger partial charge in [0.05, 0.1) is 17.1 Å². The molecule has 154 valence electrons. The van der Waals surface area contributed by atoms with Gasteiger partial charge in [0.2, 0.25) is 5.91 Å². The van der Waals surface area contributed by atoms with E-state index < -0.39 is 0 Å². The van der Waals surface area contributed by atoms with E-state index in [1.54, 1.807) is 18.2 Å². The Morgan fingerprint density at radius 3 is 2.69 bits per heavy atom. The third kappa shape index (κ3) is 5.10. The molecule has 2 N–H and O–H groups in total. The van der Waals surface area contributed by atoms with Gasteiger partial charge in [-0.15, -0.1) is 0 Å². The van der Waals surface area contributed by atoms with Crippen LogP contribution < -0.4 is 10.6 Å². The molecule has 0 saturated carbocycles. The number of likely N-dealkylation sites (tertiary alicyclic amines) is 1. The minimum atomic E-state index is -0.142. The summed E-state index contributed by atoms with van der Waals surface area (Å²) in [7, 11) is 0. The van der Waals surface area contributed by atoms with Crippen molar-refractivity contribution in [2.24, 2.45) is 0 Å². The molecule has 2 aromatic carbocycles. The minimum Gasteiger partial charge on any atom is -0.376 e. The minimum absolute atomic E-state index is 0.0265. The maximum Gasteiger partial charge on any atom is 0.255 e. The summed E-state index contributed by atoms with van der Waals surface area (Å²) in [4.78, 5) is 27.0. The number of benzene rings is 2. The molecule has 2 amide bonds. The number of piperidine rings is 1. The number of halogens is 1. The van der Waals surface area contributed by atoms with Crippen LogP contribution in [0.15, 0.2) is 36.4 Å². The first-order valence-corrected chi connectivity index (χ1v) is 10.4. The third-order valence-corrected chi connectivity index (χ3v) is 5.91. The molecule has 6 heteroatoms. The Kier molecular flexibility index (Phi) is 6.80. The summed E-state index contributed by atoms with van der Waals surface area (Å²) in [6, 6.07) is 11.3. The van der Waals surface area contributed by atoms with Gasteiger partial charge >= 0.3 is 0 Å². The van der Waals surface area contributed by atoms with Crippen LogP contribution in [0.2, 0.25) is 5.02 Å². The Balaban J connectivity index is 1.61. The zero-order valence-electron chi connectivity index (χ0n) is 17.2. The maximum absolute atomic E-state index is 12.8. The molecule has 1 aliphatic rings. The smallest absolute Gasteiger partial charge is 0.255 e. The first kappa shape index (κ1) is 21.2. The standard InChI is InChI=1S/C23H28ClN3O2/c1-15-7-6-9-21(17(15)3)26-22(28)14-25-18-10-11-19(20(24)13-18)23(29)27-12-5-4-8-16(27)2/h6-7,9-11,13,16,25H,4-5,8,12,14H2,1-3H3,(H,26,28). The van der Waals surface area contributed by atoms with Gasteiger partial charge in [0.15, 0.2) is 0 Å². The number of carbonyl (C=O) groups is 2. The first-order chi connectivity index (χ1) is 13.9. The number of hydrogen-bond donors (Lipinski definition) is 2. The quantitative estimate of drug-likeness (QED) is 0.723. The molecule has 0 aromatic heterocycles. The zero-order valence-corrected chi connectivity index (χ0v) is 18.0. The molecule has 3 rings (SSSR count). The molecule has 29 heavy (non-hydrogen) atoms. The molecule has 1 fully saturated rings. The molecule has 1 saturated heterocycles. The Hall–Kier alpha value is -2.53. The number of hydrogen-bond acceptors (Lipinski definition) is 3. The molecule has 1 unspecified atom stereocenters. The topological polar surface area (TPSA) is 61.4 Å². The van der Waals surface area contributed by atoms with Gasteiger partial charge in [-0.05, 0) is 75.4 Å². The van der Waals surface area contributed by atoms with E-state index in [1.165, 1.54) is 0 Å². The van der Waals surface area contributed by atoms with E-state index in [1.807, 2.05) is 36.9 Å². The average molecular weight is 414 g/mol. The van der Waals surface area contributed by atoms with Crippen LogP contribution >= 0.6 is 11.6 Å². The molecule has 0 bridgehead atoms. The van der Waals surface area contributed by atoms with E-state index >= 15 is 0 Å². The second-order valence-electron chi connectivity index (χ2n) is 7.69. The number of rotatable bonds is 5. The monoisotopic (exact) mass is 413 g/mol. The van der Waals surface area contributed by atoms with Gasteiger partial charge in [0.1, 0.15) is 0 Å². The SMILES string of the molecule is Cc1cccc(NC(=O)CNc2ccc(C(=O)N3CCCCC3C)c(Cl)c2)c1C. The van der Waals surface area contributed by atoms with Gasteiger partial charge in [0.25, 0.3) is 5.91 Å². The number of amides is 2. The fourth-order valence-corrected chi connectivity index (χ4v) is 3.88. The first-order valence-electron chi connectivity index (χ1n) is 10.1. The van der Waals surface area contributed by atoms with Crippen LogP contribution in [0.4, 0.5) is 11.4 Å². The van der Waals surface area contributed by atoms with Crippen molar-refractivity contribution in [3.8, 4) is 0 Å². The Morgan fingerprint density at radius 1 is 1.17 bits per heavy atom. The Bertz CT molecular complexity index is 913. The lowest BCUT2D eigenvalue weighted by atomic mass is 10.0. The molecule has 2 aromatic rings. The molecule has 0 aliphatic carbocycles. The van der Waals surface area contributed by atoms with Gasteiger partial charge in [-0.3, -0.25) is 9.59 Å². The van der Waals surface area contributed by atoms with Gasteiger partial charge < -0.3 is 15.5 Å². The normalized spacial score (nSPS) is 16.4. The van der Waals surface area contributed by atoms with Crippen molar-refractivity contribution in [2.45, 2.75) is 46.1 Å². The molecular formula is C23H28ClN3O2. The lowest BCUT2D eigenvalue weighted by molar-refractivity contribution is -0.114. The van der Waals surface area contributed by atoms with Gasteiger partial charge in [0, 0.05) is 24.0 Å². The maximum atomic E-state index is 12.8. The summed E-state index contributed by atoms with van der Waals surface area (Å²) in [6.45, 7) is 6.96. The summed E-state index contributed by atoms with van der Waals surface area (Å²) in [5.41, 5.74) is 4.20. The number of nitrogens with zero attached hydrogens (tertiary/aromatic N) is 1.